The molecule has 1 aromatic heterocycles. The summed E-state index contributed by atoms with van der Waals surface area (Å²) < 4.78 is 56.8. The molecule has 1 aromatic carbocycles. The number of benzene rings is 1. The first kappa shape index (κ1) is 30.6. The van der Waals surface area contributed by atoms with Crippen molar-refractivity contribution in [3.05, 3.63) is 61.4 Å². The van der Waals surface area contributed by atoms with Crippen molar-refractivity contribution in [1.29, 1.82) is 5.26 Å². The van der Waals surface area contributed by atoms with Gasteiger partial charge in [-0.05, 0) is 57.9 Å². The van der Waals surface area contributed by atoms with Crippen LogP contribution in [0, 0.1) is 23.1 Å². The van der Waals surface area contributed by atoms with Crippen LogP contribution in [0.5, 0.6) is 6.01 Å². The number of alkyl carbamates (subject to hydrolysis) is 1. The Morgan fingerprint density at radius 3 is 2.86 bits per heavy atom. The zero-order valence-corrected chi connectivity index (χ0v) is 25.7. The van der Waals surface area contributed by atoms with Gasteiger partial charge in [0.1, 0.15) is 29.7 Å². The third-order valence-electron chi connectivity index (χ3n) is 8.27. The van der Waals surface area contributed by atoms with E-state index in [0.717, 1.165) is 37.2 Å². The Morgan fingerprint density at radius 2 is 2.14 bits per heavy atom. The number of aromatic nitrogens is 2. The van der Waals surface area contributed by atoms with Crippen LogP contribution < -0.4 is 15.6 Å². The van der Waals surface area contributed by atoms with Gasteiger partial charge in [-0.3, -0.25) is 20.0 Å². The molecule has 2 fully saturated rings. The van der Waals surface area contributed by atoms with E-state index in [9.17, 15) is 19.2 Å². The molecule has 0 bridgehead atoms. The Bertz CT molecular complexity index is 1760. The van der Waals surface area contributed by atoms with Crippen LogP contribution >= 0.6 is 23.4 Å². The van der Waals surface area contributed by atoms with Crippen molar-refractivity contribution < 1.29 is 27.4 Å². The number of allylic oxidation sites excluding steroid dienone is 4. The number of hydrogen-bond donors (Lipinski definition) is 2. The largest absolute Gasteiger partial charge is 0.463 e. The number of nitrogens with zero attached hydrogens (tertiary/aromatic N) is 3. The first-order valence-electron chi connectivity index (χ1n) is 14.1. The van der Waals surface area contributed by atoms with Gasteiger partial charge in [-0.15, -0.1) is 0 Å². The van der Waals surface area contributed by atoms with Crippen LogP contribution in [0.3, 0.4) is 0 Å². The number of rotatable bonds is 5. The summed E-state index contributed by atoms with van der Waals surface area (Å²) in [6, 6.07) is 3.06. The van der Waals surface area contributed by atoms with Gasteiger partial charge in [-0.25, -0.2) is 18.0 Å². The van der Waals surface area contributed by atoms with Crippen molar-refractivity contribution in [2.75, 3.05) is 19.7 Å². The Morgan fingerprint density at radius 1 is 1.36 bits per heavy atom. The lowest BCUT2D eigenvalue weighted by atomic mass is 9.81. The van der Waals surface area contributed by atoms with Crippen molar-refractivity contribution in [1.82, 2.24) is 20.2 Å². The van der Waals surface area contributed by atoms with E-state index >= 15 is 8.78 Å². The minimum atomic E-state index is -1.01. The standard InChI is InChI=1S/C30H29ClF3N5O4S/c1-29(2,3)43-28(41)38-26-17(11-35)20-15(5-6-19(33)24(20)44-26)21-18(31)9-16-23(22(21)34)36-27(37-25(16)40)42-13-30-7-4-8-39(30)12-14(32)10-30/h5-6,9,14,20,24H,4,7-8,10,12-13H2,1-3H3,(H,38,41)(H,36,37,40)/t14-,20?,24?,30+/m1/s1. The van der Waals surface area contributed by atoms with Crippen molar-refractivity contribution >= 4 is 45.9 Å². The highest BCUT2D eigenvalue weighted by atomic mass is 35.5. The average Bonchev–Trinajstić information content (AvgIpc) is 3.58. The minimum absolute atomic E-state index is 0.00178. The third kappa shape index (κ3) is 5.37. The summed E-state index contributed by atoms with van der Waals surface area (Å²) in [7, 11) is 0. The number of amides is 1. The highest BCUT2D eigenvalue weighted by Crippen LogP contribution is 2.53. The molecular formula is C30H29ClF3N5O4S. The summed E-state index contributed by atoms with van der Waals surface area (Å²) in [6.45, 7) is 6.17. The molecular weight excluding hydrogens is 619 g/mol. The molecule has 0 saturated carbocycles. The lowest BCUT2D eigenvalue weighted by Crippen LogP contribution is -2.43. The number of halogens is 4. The monoisotopic (exact) mass is 647 g/mol. The maximum atomic E-state index is 16.4. The molecule has 9 nitrogen and oxygen atoms in total. The van der Waals surface area contributed by atoms with Gasteiger partial charge < -0.3 is 9.47 Å². The number of ether oxygens (including phenoxy) is 2. The number of aromatic amines is 1. The predicted octanol–water partition coefficient (Wildman–Crippen LogP) is 5.91. The molecule has 4 atom stereocenters. The molecule has 1 amide bonds. The summed E-state index contributed by atoms with van der Waals surface area (Å²) in [5.41, 5.74) is -2.33. The van der Waals surface area contributed by atoms with E-state index in [-0.39, 0.29) is 50.3 Å². The van der Waals surface area contributed by atoms with E-state index < -0.39 is 51.8 Å². The molecule has 14 heteroatoms. The van der Waals surface area contributed by atoms with Gasteiger partial charge in [0.2, 0.25) is 0 Å². The van der Waals surface area contributed by atoms with Crippen LogP contribution in [0.25, 0.3) is 16.5 Å². The van der Waals surface area contributed by atoms with Crippen molar-refractivity contribution in [3.8, 4) is 12.1 Å². The zero-order valence-electron chi connectivity index (χ0n) is 24.1. The van der Waals surface area contributed by atoms with Crippen molar-refractivity contribution in [2.45, 2.75) is 62.6 Å². The molecule has 3 aliphatic heterocycles. The number of fused-ring (bicyclic) bond motifs is 3. The Balaban J connectivity index is 1.37. The number of nitriles is 1. The molecule has 6 rings (SSSR count). The molecule has 4 heterocycles. The Kier molecular flexibility index (Phi) is 7.75. The van der Waals surface area contributed by atoms with E-state index in [0.29, 0.717) is 13.0 Å². The maximum Gasteiger partial charge on any atom is 0.412 e. The van der Waals surface area contributed by atoms with E-state index in [1.165, 1.54) is 12.1 Å². The highest BCUT2D eigenvalue weighted by molar-refractivity contribution is 8.04. The number of thioether (sulfide) groups is 1. The molecule has 2 N–H and O–H groups in total. The molecule has 0 spiro atoms. The fourth-order valence-electron chi connectivity index (χ4n) is 6.47. The number of nitrogens with one attached hydrogen (secondary N) is 2. The fourth-order valence-corrected chi connectivity index (χ4v) is 8.08. The van der Waals surface area contributed by atoms with Crippen LogP contribution in [-0.4, -0.2) is 63.2 Å². The SMILES string of the molecule is CC(C)(C)OC(=O)NC1=C(C#N)C2C(c3c(Cl)cc4c(=O)[nH]c(OC[C@@]56CCCN5C[C@H](F)C6)nc4c3F)=CC=C(F)C2S1. The number of carbonyl (C=O) groups excluding carboxylic acids is 1. The molecule has 2 saturated heterocycles. The second kappa shape index (κ2) is 11.2. The fraction of sp³-hybridized carbons (Fsp3) is 0.467. The summed E-state index contributed by atoms with van der Waals surface area (Å²) in [6.07, 6.45) is 2.61. The third-order valence-corrected chi connectivity index (χ3v) is 9.87. The highest BCUT2D eigenvalue weighted by Gasteiger charge is 2.49. The maximum absolute atomic E-state index is 16.4. The van der Waals surface area contributed by atoms with E-state index in [2.05, 4.69) is 15.3 Å². The van der Waals surface area contributed by atoms with Gasteiger partial charge in [0.25, 0.3) is 11.6 Å². The van der Waals surface area contributed by atoms with Gasteiger partial charge >= 0.3 is 6.09 Å². The van der Waals surface area contributed by atoms with Gasteiger partial charge in [-0.1, -0.05) is 29.4 Å². The first-order valence-corrected chi connectivity index (χ1v) is 15.4. The number of H-pyrrole nitrogens is 1. The van der Waals surface area contributed by atoms with Gasteiger partial charge in [0.15, 0.2) is 5.82 Å². The number of carbonyl (C=O) groups is 1. The summed E-state index contributed by atoms with van der Waals surface area (Å²) in [5, 5.41) is 11.4. The summed E-state index contributed by atoms with van der Waals surface area (Å²) >= 11 is 7.45. The summed E-state index contributed by atoms with van der Waals surface area (Å²) in [4.78, 5) is 34.3. The van der Waals surface area contributed by atoms with Crippen molar-refractivity contribution in [3.63, 3.8) is 0 Å². The van der Waals surface area contributed by atoms with Crippen LogP contribution in [0.1, 0.15) is 45.6 Å². The van der Waals surface area contributed by atoms with Crippen LogP contribution in [-0.2, 0) is 4.74 Å². The van der Waals surface area contributed by atoms with Gasteiger partial charge in [-0.2, -0.15) is 10.2 Å². The van der Waals surface area contributed by atoms with E-state index in [1.807, 2.05) is 11.0 Å². The topological polar surface area (TPSA) is 120 Å². The van der Waals surface area contributed by atoms with Crippen LogP contribution in [0.4, 0.5) is 18.0 Å². The quantitative estimate of drug-likeness (QED) is 0.411. The molecule has 44 heavy (non-hydrogen) atoms. The van der Waals surface area contributed by atoms with Gasteiger partial charge in [0.05, 0.1) is 37.9 Å². The second-order valence-corrected chi connectivity index (χ2v) is 13.9. The number of hydrogen-bond acceptors (Lipinski definition) is 8. The molecule has 232 valence electrons. The number of alkyl halides is 1. The lowest BCUT2D eigenvalue weighted by Gasteiger charge is -2.30. The average molecular weight is 648 g/mol. The minimum Gasteiger partial charge on any atom is -0.463 e. The predicted molar refractivity (Wildman–Crippen MR) is 160 cm³/mol. The Labute approximate surface area is 260 Å². The van der Waals surface area contributed by atoms with Gasteiger partial charge in [0, 0.05) is 24.4 Å². The molecule has 0 radical (unpaired) electrons. The molecule has 4 aliphatic rings. The normalized spacial score (nSPS) is 26.6. The van der Waals surface area contributed by atoms with Crippen LogP contribution in [0.2, 0.25) is 5.02 Å². The van der Waals surface area contributed by atoms with Crippen LogP contribution in [0.15, 0.2) is 39.4 Å². The summed E-state index contributed by atoms with van der Waals surface area (Å²) in [5.74, 6) is -2.54. The molecule has 2 aromatic rings. The smallest absolute Gasteiger partial charge is 0.412 e. The van der Waals surface area contributed by atoms with E-state index in [1.54, 1.807) is 20.8 Å². The zero-order chi connectivity index (χ0) is 31.6. The first-order chi connectivity index (χ1) is 20.8. The molecule has 2 unspecified atom stereocenters. The molecule has 1 aliphatic carbocycles. The Hall–Kier alpha value is -3.47. The lowest BCUT2D eigenvalue weighted by molar-refractivity contribution is 0.0550. The second-order valence-electron chi connectivity index (χ2n) is 12.3. The van der Waals surface area contributed by atoms with Crippen molar-refractivity contribution in [2.24, 2.45) is 5.92 Å². The van der Waals surface area contributed by atoms with E-state index in [4.69, 9.17) is 21.1 Å².